The first kappa shape index (κ1) is 20.7. The van der Waals surface area contributed by atoms with Gasteiger partial charge in [-0.05, 0) is 55.1 Å². The highest BCUT2D eigenvalue weighted by atomic mass is 16.2. The van der Waals surface area contributed by atoms with Crippen LogP contribution in [0.5, 0.6) is 0 Å². The van der Waals surface area contributed by atoms with Gasteiger partial charge in [-0.3, -0.25) is 9.69 Å². The minimum absolute atomic E-state index is 0.0122. The molecule has 1 amide bonds. The minimum Gasteiger partial charge on any atom is -0.348 e. The van der Waals surface area contributed by atoms with E-state index >= 15 is 0 Å². The Morgan fingerprint density at radius 1 is 1.07 bits per heavy atom. The van der Waals surface area contributed by atoms with Crippen LogP contribution >= 0.6 is 0 Å². The molecule has 0 spiro atoms. The van der Waals surface area contributed by atoms with Gasteiger partial charge in [0.05, 0.1) is 24.2 Å². The van der Waals surface area contributed by atoms with Crippen molar-refractivity contribution in [1.29, 1.82) is 5.26 Å². The van der Waals surface area contributed by atoms with Gasteiger partial charge in [0.2, 0.25) is 5.91 Å². The van der Waals surface area contributed by atoms with Crippen LogP contribution in [0.4, 0.5) is 0 Å². The largest absolute Gasteiger partial charge is 0.348 e. The normalized spacial score (nSPS) is 11.8. The fraction of sp³-hybridized carbons (Fsp3) is 0.391. The van der Waals surface area contributed by atoms with Gasteiger partial charge < -0.3 is 5.32 Å². The molecule has 0 aliphatic carbocycles. The fourth-order valence-electron chi connectivity index (χ4n) is 3.09. The number of nitrogens with zero attached hydrogens (tertiary/aromatic N) is 2. The van der Waals surface area contributed by atoms with Crippen molar-refractivity contribution < 1.29 is 4.79 Å². The van der Waals surface area contributed by atoms with Gasteiger partial charge in [0, 0.05) is 6.54 Å². The van der Waals surface area contributed by atoms with Crippen molar-refractivity contribution >= 4 is 5.91 Å². The lowest BCUT2D eigenvalue weighted by atomic mass is 10.0. The van der Waals surface area contributed by atoms with E-state index in [1.807, 2.05) is 31.2 Å². The van der Waals surface area contributed by atoms with Crippen molar-refractivity contribution in [1.82, 2.24) is 10.2 Å². The molecule has 0 aliphatic rings. The molecule has 1 N–H and O–H groups in total. The minimum atomic E-state index is -0.0122. The van der Waals surface area contributed by atoms with Gasteiger partial charge in [-0.2, -0.15) is 5.26 Å². The van der Waals surface area contributed by atoms with E-state index < -0.39 is 0 Å². The summed E-state index contributed by atoms with van der Waals surface area (Å²) in [4.78, 5) is 14.7. The Morgan fingerprint density at radius 2 is 1.70 bits per heavy atom. The molecular formula is C23H29N3O. The number of nitriles is 1. The Bertz CT molecular complexity index is 760. The molecule has 0 saturated heterocycles. The molecule has 2 rings (SSSR count). The van der Waals surface area contributed by atoms with E-state index in [1.165, 1.54) is 5.56 Å². The van der Waals surface area contributed by atoms with Crippen LogP contribution in [0.25, 0.3) is 0 Å². The Morgan fingerprint density at radius 3 is 2.26 bits per heavy atom. The number of hydrogen-bond acceptors (Lipinski definition) is 3. The summed E-state index contributed by atoms with van der Waals surface area (Å²) in [7, 11) is 0. The van der Waals surface area contributed by atoms with Gasteiger partial charge in [-0.1, -0.05) is 50.2 Å². The molecule has 27 heavy (non-hydrogen) atoms. The lowest BCUT2D eigenvalue weighted by Crippen LogP contribution is -2.38. The standard InChI is InChI=1S/C23H29N3O/c1-4-14-26(16-21-8-6-20(15-24)7-9-21)17-23(27)25-18(3)22-12-10-19(5-2)11-13-22/h6-13,18H,4-5,14,16-17H2,1-3H3,(H,25,27). The number of carbonyl (C=O) groups excluding carboxylic acids is 1. The summed E-state index contributed by atoms with van der Waals surface area (Å²) in [5, 5.41) is 12.0. The third kappa shape index (κ3) is 6.54. The van der Waals surface area contributed by atoms with E-state index in [1.54, 1.807) is 0 Å². The zero-order valence-electron chi connectivity index (χ0n) is 16.5. The first-order valence-corrected chi connectivity index (χ1v) is 9.65. The van der Waals surface area contributed by atoms with Gasteiger partial charge in [0.15, 0.2) is 0 Å². The monoisotopic (exact) mass is 363 g/mol. The summed E-state index contributed by atoms with van der Waals surface area (Å²) in [6, 6.07) is 18.1. The maximum absolute atomic E-state index is 12.5. The molecule has 0 fully saturated rings. The predicted molar refractivity (Wildman–Crippen MR) is 109 cm³/mol. The summed E-state index contributed by atoms with van der Waals surface area (Å²) in [6.45, 7) is 8.19. The van der Waals surface area contributed by atoms with Crippen molar-refractivity contribution in [2.45, 2.75) is 46.2 Å². The third-order valence-corrected chi connectivity index (χ3v) is 4.66. The molecule has 2 aromatic carbocycles. The van der Waals surface area contributed by atoms with Gasteiger partial charge in [-0.25, -0.2) is 0 Å². The molecule has 0 saturated carbocycles. The molecule has 0 aliphatic heterocycles. The first-order chi connectivity index (χ1) is 13.0. The summed E-state index contributed by atoms with van der Waals surface area (Å²) >= 11 is 0. The van der Waals surface area contributed by atoms with Gasteiger partial charge in [-0.15, -0.1) is 0 Å². The highest BCUT2D eigenvalue weighted by molar-refractivity contribution is 5.78. The lowest BCUT2D eigenvalue weighted by molar-refractivity contribution is -0.123. The topological polar surface area (TPSA) is 56.1 Å². The van der Waals surface area contributed by atoms with Crippen LogP contribution < -0.4 is 5.32 Å². The first-order valence-electron chi connectivity index (χ1n) is 9.65. The number of aryl methyl sites for hydroxylation is 1. The second-order valence-electron chi connectivity index (χ2n) is 6.90. The van der Waals surface area contributed by atoms with E-state index in [2.05, 4.69) is 54.4 Å². The van der Waals surface area contributed by atoms with Crippen molar-refractivity contribution in [3.05, 3.63) is 70.8 Å². The summed E-state index contributed by atoms with van der Waals surface area (Å²) in [5.74, 6) is 0.0316. The number of nitrogens with one attached hydrogen (secondary N) is 1. The van der Waals surface area contributed by atoms with E-state index in [-0.39, 0.29) is 11.9 Å². The summed E-state index contributed by atoms with van der Waals surface area (Å²) in [5.41, 5.74) is 4.18. The fourth-order valence-corrected chi connectivity index (χ4v) is 3.09. The molecular weight excluding hydrogens is 334 g/mol. The predicted octanol–water partition coefficient (Wildman–Crippen LogP) is 4.21. The SMILES string of the molecule is CCCN(CC(=O)NC(C)c1ccc(CC)cc1)Cc1ccc(C#N)cc1. The van der Waals surface area contributed by atoms with Crippen LogP contribution in [0.2, 0.25) is 0 Å². The Hall–Kier alpha value is -2.64. The van der Waals surface area contributed by atoms with E-state index in [9.17, 15) is 4.79 Å². The van der Waals surface area contributed by atoms with Gasteiger partial charge >= 0.3 is 0 Å². The second-order valence-corrected chi connectivity index (χ2v) is 6.90. The van der Waals surface area contributed by atoms with Crippen molar-refractivity contribution in [2.75, 3.05) is 13.1 Å². The maximum atomic E-state index is 12.5. The molecule has 4 heteroatoms. The Labute approximate surface area is 162 Å². The van der Waals surface area contributed by atoms with Crippen molar-refractivity contribution in [3.8, 4) is 6.07 Å². The van der Waals surface area contributed by atoms with Crippen LogP contribution in [-0.4, -0.2) is 23.9 Å². The molecule has 0 heterocycles. The summed E-state index contributed by atoms with van der Waals surface area (Å²) < 4.78 is 0. The van der Waals surface area contributed by atoms with Gasteiger partial charge in [0.1, 0.15) is 0 Å². The lowest BCUT2D eigenvalue weighted by Gasteiger charge is -2.23. The van der Waals surface area contributed by atoms with E-state index in [0.717, 1.165) is 30.5 Å². The van der Waals surface area contributed by atoms with Crippen LogP contribution in [0.15, 0.2) is 48.5 Å². The molecule has 1 atom stereocenters. The molecule has 4 nitrogen and oxygen atoms in total. The number of amides is 1. The molecule has 0 aromatic heterocycles. The van der Waals surface area contributed by atoms with Crippen LogP contribution in [0, 0.1) is 11.3 Å². The highest BCUT2D eigenvalue weighted by Crippen LogP contribution is 2.14. The molecule has 2 aromatic rings. The van der Waals surface area contributed by atoms with Gasteiger partial charge in [0.25, 0.3) is 0 Å². The Kier molecular flexibility index (Phi) is 8.03. The second kappa shape index (κ2) is 10.5. The number of benzene rings is 2. The molecule has 1 unspecified atom stereocenters. The zero-order valence-corrected chi connectivity index (χ0v) is 16.5. The van der Waals surface area contributed by atoms with E-state index in [0.29, 0.717) is 18.7 Å². The zero-order chi connectivity index (χ0) is 19.6. The number of rotatable bonds is 9. The molecule has 0 radical (unpaired) electrons. The van der Waals surface area contributed by atoms with Crippen molar-refractivity contribution in [3.63, 3.8) is 0 Å². The average molecular weight is 364 g/mol. The van der Waals surface area contributed by atoms with Crippen molar-refractivity contribution in [2.24, 2.45) is 0 Å². The maximum Gasteiger partial charge on any atom is 0.234 e. The smallest absolute Gasteiger partial charge is 0.234 e. The summed E-state index contributed by atoms with van der Waals surface area (Å²) in [6.07, 6.45) is 2.00. The quantitative estimate of drug-likeness (QED) is 0.726. The highest BCUT2D eigenvalue weighted by Gasteiger charge is 2.14. The Balaban J connectivity index is 1.93. The van der Waals surface area contributed by atoms with Crippen LogP contribution in [-0.2, 0) is 17.8 Å². The average Bonchev–Trinajstić information content (AvgIpc) is 2.68. The number of carbonyl (C=O) groups is 1. The molecule has 142 valence electrons. The van der Waals surface area contributed by atoms with Crippen LogP contribution in [0.1, 0.15) is 55.5 Å². The number of hydrogen-bond donors (Lipinski definition) is 1. The van der Waals surface area contributed by atoms with Crippen LogP contribution in [0.3, 0.4) is 0 Å². The molecule has 0 bridgehead atoms. The third-order valence-electron chi connectivity index (χ3n) is 4.66. The van der Waals surface area contributed by atoms with E-state index in [4.69, 9.17) is 5.26 Å².